The van der Waals surface area contributed by atoms with E-state index < -0.39 is 19.0 Å². The van der Waals surface area contributed by atoms with E-state index in [0.29, 0.717) is 19.4 Å². The van der Waals surface area contributed by atoms with Crippen LogP contribution in [0.1, 0.15) is 40.5 Å². The first kappa shape index (κ1) is 27.8. The van der Waals surface area contributed by atoms with Gasteiger partial charge in [0.25, 0.3) is 0 Å². The highest BCUT2D eigenvalue weighted by atomic mass is 32.7. The molecule has 2 aliphatic heterocycles. The smallest absolute Gasteiger partial charge is 0.192 e. The summed E-state index contributed by atoms with van der Waals surface area (Å²) in [4.78, 5) is 12.8. The van der Waals surface area contributed by atoms with Gasteiger partial charge in [-0.3, -0.25) is 4.57 Å². The monoisotopic (exact) mass is 469 g/mol. The minimum atomic E-state index is -4.17. The van der Waals surface area contributed by atoms with Crippen LogP contribution in [0.3, 0.4) is 0 Å². The molecule has 2 rings (SSSR count). The molecule has 0 spiro atoms. The maximum atomic E-state index is 12.8. The van der Waals surface area contributed by atoms with Crippen LogP contribution in [0.15, 0.2) is 0 Å². The lowest BCUT2D eigenvalue weighted by Gasteiger charge is -2.30. The molecule has 0 aromatic carbocycles. The standard InChI is InChI=1S/C18H35B4O7PS/c1-11(2)25-9-15-14(8-18(27-15)22-20-6)29-30(23,24)31-10-16-13(26-12(3)4)7-17(28-16)21-19-5/h11-18H,7-10H2,1-6H3,(H,23,24)/p-1. The van der Waals surface area contributed by atoms with E-state index in [-0.39, 0.29) is 42.2 Å². The molecule has 7 nitrogen and oxygen atoms in total. The predicted molar refractivity (Wildman–Crippen MR) is 127 cm³/mol. The Balaban J connectivity index is 1.92. The second-order valence-electron chi connectivity index (χ2n) is 8.44. The highest BCUT2D eigenvalue weighted by molar-refractivity contribution is 8.54. The van der Waals surface area contributed by atoms with Gasteiger partial charge in [-0.05, 0) is 40.5 Å². The van der Waals surface area contributed by atoms with Crippen molar-refractivity contribution in [2.75, 3.05) is 12.4 Å². The molecule has 7 atom stereocenters. The summed E-state index contributed by atoms with van der Waals surface area (Å²) in [5.41, 5.74) is 0. The molecule has 7 unspecified atom stereocenters. The van der Waals surface area contributed by atoms with Crippen LogP contribution in [0, 0.1) is 0 Å². The molecule has 0 amide bonds. The first-order valence-corrected chi connectivity index (χ1v) is 14.2. The van der Waals surface area contributed by atoms with Crippen LogP contribution < -0.4 is 4.89 Å². The van der Waals surface area contributed by atoms with Crippen molar-refractivity contribution in [2.45, 2.75) is 103 Å². The molecular formula is C18H34B4O7PS-. The summed E-state index contributed by atoms with van der Waals surface area (Å²) < 4.78 is 41.9. The highest BCUT2D eigenvalue weighted by Crippen LogP contribution is 2.55. The average molecular weight is 469 g/mol. The van der Waals surface area contributed by atoms with Crippen molar-refractivity contribution in [3.8, 4) is 0 Å². The fraction of sp³-hybridized carbons (Fsp3) is 1.00. The zero-order chi connectivity index (χ0) is 23.0. The first-order valence-electron chi connectivity index (χ1n) is 11.1. The van der Waals surface area contributed by atoms with Gasteiger partial charge in [0.1, 0.15) is 20.4 Å². The second kappa shape index (κ2) is 13.5. The Morgan fingerprint density at radius 1 is 1.00 bits per heavy atom. The van der Waals surface area contributed by atoms with Gasteiger partial charge >= 0.3 is 0 Å². The van der Waals surface area contributed by atoms with Crippen molar-refractivity contribution < 1.29 is 32.9 Å². The molecule has 2 fully saturated rings. The molecule has 0 N–H and O–H groups in total. The van der Waals surface area contributed by atoms with Crippen molar-refractivity contribution in [1.29, 1.82) is 0 Å². The summed E-state index contributed by atoms with van der Waals surface area (Å²) in [6.07, 6.45) is -0.184. The van der Waals surface area contributed by atoms with Gasteiger partial charge in [-0.1, -0.05) is 25.0 Å². The van der Waals surface area contributed by atoms with E-state index in [1.807, 2.05) is 70.0 Å². The molecule has 172 valence electrons. The molecule has 2 saturated heterocycles. The Hall–Kier alpha value is 0.600. The summed E-state index contributed by atoms with van der Waals surface area (Å²) in [6, 6.07) is -0.238. The summed E-state index contributed by atoms with van der Waals surface area (Å²) >= 11 is 0.789. The summed E-state index contributed by atoms with van der Waals surface area (Å²) in [5.74, 6) is 0.255. The van der Waals surface area contributed by atoms with Crippen molar-refractivity contribution in [2.24, 2.45) is 0 Å². The van der Waals surface area contributed by atoms with Gasteiger partial charge in [0.2, 0.25) is 0 Å². The highest BCUT2D eigenvalue weighted by Gasteiger charge is 2.40. The zero-order valence-corrected chi connectivity index (χ0v) is 21.2. The number of hydrogen-bond donors (Lipinski definition) is 0. The summed E-state index contributed by atoms with van der Waals surface area (Å²) in [6.45, 7) is 7.77. The van der Waals surface area contributed by atoms with Gasteiger partial charge in [0, 0.05) is 17.8 Å². The molecule has 0 bridgehead atoms. The third kappa shape index (κ3) is 9.78. The van der Waals surface area contributed by atoms with Crippen LogP contribution in [0.5, 0.6) is 0 Å². The summed E-state index contributed by atoms with van der Waals surface area (Å²) in [5, 5.41) is 0. The van der Waals surface area contributed by atoms with E-state index in [0.717, 1.165) is 11.4 Å². The van der Waals surface area contributed by atoms with Crippen molar-refractivity contribution >= 4 is 46.9 Å². The van der Waals surface area contributed by atoms with Gasteiger partial charge in [0.15, 0.2) is 6.80 Å². The number of hydrogen-bond acceptors (Lipinski definition) is 8. The van der Waals surface area contributed by atoms with Gasteiger partial charge in [-0.25, -0.2) is 0 Å². The lowest BCUT2D eigenvalue weighted by Crippen LogP contribution is -2.31. The SMILES string of the molecule is C[B][B]C1CC(OC(C)C)C(CSP(=O)([O-])OC2CC([B][B]C)OC2COC(C)C)O1. The Kier molecular flexibility index (Phi) is 12.1. The average Bonchev–Trinajstić information content (AvgIpc) is 3.21. The Bertz CT molecular complexity index is 577. The van der Waals surface area contributed by atoms with E-state index in [1.165, 1.54) is 0 Å². The maximum Gasteiger partial charge on any atom is 0.192 e. The number of ether oxygens (including phenoxy) is 4. The minimum absolute atomic E-state index is 0.0287. The molecule has 13 heteroatoms. The van der Waals surface area contributed by atoms with Gasteiger partial charge in [-0.2, -0.15) is 0 Å². The quantitative estimate of drug-likeness (QED) is 0.282. The van der Waals surface area contributed by atoms with Crippen LogP contribution in [0.2, 0.25) is 13.6 Å². The second-order valence-corrected chi connectivity index (χ2v) is 12.3. The maximum absolute atomic E-state index is 12.8. The van der Waals surface area contributed by atoms with E-state index in [4.69, 9.17) is 23.5 Å². The van der Waals surface area contributed by atoms with Crippen molar-refractivity contribution in [3.05, 3.63) is 0 Å². The van der Waals surface area contributed by atoms with Crippen LogP contribution in [-0.4, -0.2) is 89.7 Å². The fourth-order valence-electron chi connectivity index (χ4n) is 3.72. The molecule has 0 aromatic heterocycles. The zero-order valence-electron chi connectivity index (χ0n) is 19.5. The lowest BCUT2D eigenvalue weighted by atomic mass is 9.38. The molecule has 31 heavy (non-hydrogen) atoms. The molecule has 0 aliphatic carbocycles. The third-order valence-corrected chi connectivity index (χ3v) is 7.95. The largest absolute Gasteiger partial charge is 0.770 e. The third-order valence-electron chi connectivity index (χ3n) is 4.97. The van der Waals surface area contributed by atoms with Crippen LogP contribution in [-0.2, 0) is 28.0 Å². The molecule has 0 aromatic rings. The van der Waals surface area contributed by atoms with E-state index in [9.17, 15) is 9.46 Å². The normalized spacial score (nSPS) is 32.9. The van der Waals surface area contributed by atoms with Crippen LogP contribution in [0.4, 0.5) is 0 Å². The van der Waals surface area contributed by atoms with E-state index >= 15 is 0 Å². The Labute approximate surface area is 195 Å². The molecular weight excluding hydrogens is 434 g/mol. The van der Waals surface area contributed by atoms with E-state index in [1.54, 1.807) is 0 Å². The number of rotatable bonds is 14. The fourth-order valence-corrected chi connectivity index (χ4v) is 6.46. The van der Waals surface area contributed by atoms with Gasteiger partial charge in [-0.15, -0.1) is 0 Å². The Morgan fingerprint density at radius 3 is 2.13 bits per heavy atom. The molecule has 4 radical (unpaired) electrons. The Morgan fingerprint density at radius 2 is 1.58 bits per heavy atom. The molecule has 2 aliphatic rings. The predicted octanol–water partition coefficient (Wildman–Crippen LogP) is 1.76. The van der Waals surface area contributed by atoms with Crippen molar-refractivity contribution in [3.63, 3.8) is 0 Å². The summed E-state index contributed by atoms with van der Waals surface area (Å²) in [7, 11) is 7.72. The van der Waals surface area contributed by atoms with Crippen molar-refractivity contribution in [1.82, 2.24) is 0 Å². The van der Waals surface area contributed by atoms with Crippen LogP contribution in [0.25, 0.3) is 0 Å². The van der Waals surface area contributed by atoms with Gasteiger partial charge in [0.05, 0.1) is 51.5 Å². The van der Waals surface area contributed by atoms with Crippen LogP contribution >= 0.6 is 18.2 Å². The van der Waals surface area contributed by atoms with E-state index in [2.05, 4.69) is 0 Å². The molecule has 0 saturated carbocycles. The van der Waals surface area contributed by atoms with Gasteiger partial charge < -0.3 is 28.4 Å². The molecule has 2 heterocycles. The topological polar surface area (TPSA) is 86.3 Å². The first-order chi connectivity index (χ1) is 14.6. The lowest BCUT2D eigenvalue weighted by molar-refractivity contribution is -0.196. The minimum Gasteiger partial charge on any atom is -0.770 e.